The number of aliphatic hydroxyl groups excluding tert-OH is 1. The zero-order chi connectivity index (χ0) is 27.7. The Hall–Kier alpha value is -2.67. The van der Waals surface area contributed by atoms with Gasteiger partial charge in [-0.3, -0.25) is 13.9 Å². The summed E-state index contributed by atoms with van der Waals surface area (Å²) in [5, 5.41) is 10.4. The molecule has 0 saturated carbocycles. The van der Waals surface area contributed by atoms with Crippen molar-refractivity contribution in [1.29, 1.82) is 0 Å². The van der Waals surface area contributed by atoms with Gasteiger partial charge in [0.15, 0.2) is 11.9 Å². The maximum atomic E-state index is 15.6. The van der Waals surface area contributed by atoms with Crippen LogP contribution >= 0.6 is 19.3 Å². The Labute approximate surface area is 223 Å². The average molecular weight is 572 g/mol. The van der Waals surface area contributed by atoms with E-state index in [0.717, 1.165) is 0 Å². The minimum atomic E-state index is -4.29. The number of nitrogens with zero attached hydrogens (tertiary/aromatic N) is 4. The molecule has 2 aromatic heterocycles. The Morgan fingerprint density at radius 2 is 2.03 bits per heavy atom. The van der Waals surface area contributed by atoms with E-state index >= 15 is 4.39 Å². The molecule has 1 aliphatic rings. The zero-order valence-corrected chi connectivity index (χ0v) is 22.7. The van der Waals surface area contributed by atoms with Crippen LogP contribution in [-0.2, 0) is 23.4 Å². The van der Waals surface area contributed by atoms with Crippen molar-refractivity contribution >= 4 is 36.5 Å². The lowest BCUT2D eigenvalue weighted by Crippen LogP contribution is -2.40. The van der Waals surface area contributed by atoms with Gasteiger partial charge in [-0.15, -0.1) is 0 Å². The molecule has 0 aliphatic carbocycles. The van der Waals surface area contributed by atoms with Gasteiger partial charge in [0.2, 0.25) is 0 Å². The number of benzene rings is 1. The third-order valence-electron chi connectivity index (χ3n) is 5.50. The fourth-order valence-electron chi connectivity index (χ4n) is 3.70. The molecule has 1 aliphatic heterocycles. The van der Waals surface area contributed by atoms with E-state index < -0.39 is 56.0 Å². The smallest absolute Gasteiger partial charge is 0.459 e. The molecular formula is C23H28ClFN5O7P. The number of para-hydroxylation sites is 1. The summed E-state index contributed by atoms with van der Waals surface area (Å²) < 4.78 is 52.4. The number of aryl methyl sites for hydroxylation is 1. The lowest BCUT2D eigenvalue weighted by atomic mass is 10.1. The van der Waals surface area contributed by atoms with E-state index in [2.05, 4.69) is 20.0 Å². The number of esters is 1. The lowest BCUT2D eigenvalue weighted by Gasteiger charge is -2.25. The number of fused-ring (bicyclic) bond motifs is 1. The van der Waals surface area contributed by atoms with Crippen molar-refractivity contribution < 1.29 is 37.4 Å². The van der Waals surface area contributed by atoms with Crippen LogP contribution < -0.4 is 9.61 Å². The van der Waals surface area contributed by atoms with Crippen molar-refractivity contribution in [2.24, 2.45) is 0 Å². The standard InChI is InChI=1S/C23H28ClFN5O7P/c1-13(2)35-21(32)14(3)29-38(33,37-16-8-6-5-7-9-16)34-11-18-19(31)23(24,25)22(36-18)30-12-27-17-10-26-15(4)28-20(17)30/h5-10,12-14,18-19,22,31H,11H2,1-4H3,(H,29,33)/t14-,18-,19-,22-,23-,38+/m1/s1. The number of alkyl halides is 2. The molecule has 206 valence electrons. The van der Waals surface area contributed by atoms with Crippen LogP contribution in [0.1, 0.15) is 32.8 Å². The predicted molar refractivity (Wildman–Crippen MR) is 134 cm³/mol. The summed E-state index contributed by atoms with van der Waals surface area (Å²) in [5.74, 6) is -0.104. The summed E-state index contributed by atoms with van der Waals surface area (Å²) >= 11 is 6.10. The molecule has 2 N–H and O–H groups in total. The molecule has 3 aromatic rings. The van der Waals surface area contributed by atoms with Gasteiger partial charge in [0.05, 0.1) is 25.2 Å². The van der Waals surface area contributed by atoms with Crippen molar-refractivity contribution in [3.05, 3.63) is 48.7 Å². The van der Waals surface area contributed by atoms with Gasteiger partial charge in [-0.1, -0.05) is 29.8 Å². The van der Waals surface area contributed by atoms with Crippen molar-refractivity contribution in [1.82, 2.24) is 24.6 Å². The summed E-state index contributed by atoms with van der Waals surface area (Å²) in [6.45, 7) is 5.80. The minimum absolute atomic E-state index is 0.177. The molecule has 38 heavy (non-hydrogen) atoms. The van der Waals surface area contributed by atoms with E-state index in [0.29, 0.717) is 11.3 Å². The number of carbonyl (C=O) groups excluding carboxylic acids is 1. The second-order valence-electron chi connectivity index (χ2n) is 8.96. The number of nitrogens with one attached hydrogen (secondary N) is 1. The molecule has 1 aromatic carbocycles. The van der Waals surface area contributed by atoms with Crippen LogP contribution in [0.15, 0.2) is 42.9 Å². The van der Waals surface area contributed by atoms with E-state index in [1.54, 1.807) is 39.0 Å². The van der Waals surface area contributed by atoms with Gasteiger partial charge in [-0.2, -0.15) is 5.09 Å². The van der Waals surface area contributed by atoms with Gasteiger partial charge in [-0.05, 0) is 39.8 Å². The number of imidazole rings is 1. The van der Waals surface area contributed by atoms with Crippen LogP contribution in [-0.4, -0.2) is 66.7 Å². The molecule has 1 fully saturated rings. The fraction of sp³-hybridized carbons (Fsp3) is 0.478. The van der Waals surface area contributed by atoms with Crippen LogP contribution in [0, 0.1) is 6.92 Å². The number of aromatic nitrogens is 4. The van der Waals surface area contributed by atoms with Crippen LogP contribution in [0.3, 0.4) is 0 Å². The monoisotopic (exact) mass is 571 g/mol. The molecule has 12 nitrogen and oxygen atoms in total. The second kappa shape index (κ2) is 11.2. The second-order valence-corrected chi connectivity index (χ2v) is 11.2. The molecule has 0 amide bonds. The third-order valence-corrected chi connectivity index (χ3v) is 7.56. The summed E-state index contributed by atoms with van der Waals surface area (Å²) in [6.07, 6.45) is -2.50. The first kappa shape index (κ1) is 28.3. The van der Waals surface area contributed by atoms with Crippen molar-refractivity contribution in [3.8, 4) is 5.75 Å². The molecule has 3 heterocycles. The van der Waals surface area contributed by atoms with Crippen molar-refractivity contribution in [2.45, 2.75) is 63.4 Å². The predicted octanol–water partition coefficient (Wildman–Crippen LogP) is 3.43. The van der Waals surface area contributed by atoms with Crippen molar-refractivity contribution in [3.63, 3.8) is 0 Å². The van der Waals surface area contributed by atoms with Crippen LogP contribution in [0.25, 0.3) is 11.2 Å². The Morgan fingerprint density at radius 1 is 1.32 bits per heavy atom. The molecule has 0 bridgehead atoms. The van der Waals surface area contributed by atoms with Crippen LogP contribution in [0.5, 0.6) is 5.75 Å². The number of aliphatic hydroxyl groups is 1. The molecule has 0 radical (unpaired) electrons. The first-order chi connectivity index (χ1) is 17.9. The van der Waals surface area contributed by atoms with Gasteiger partial charge < -0.3 is 19.1 Å². The van der Waals surface area contributed by atoms with Gasteiger partial charge in [0.1, 0.15) is 35.3 Å². The minimum Gasteiger partial charge on any atom is -0.462 e. The van der Waals surface area contributed by atoms with Crippen LogP contribution in [0.4, 0.5) is 4.39 Å². The van der Waals surface area contributed by atoms with Gasteiger partial charge in [0, 0.05) is 0 Å². The fourth-order valence-corrected chi connectivity index (χ4v) is 5.49. The summed E-state index contributed by atoms with van der Waals surface area (Å²) in [4.78, 5) is 24.7. The van der Waals surface area contributed by atoms with E-state index in [1.165, 1.54) is 36.1 Å². The van der Waals surface area contributed by atoms with Gasteiger partial charge in [-0.25, -0.2) is 23.9 Å². The molecule has 1 saturated heterocycles. The summed E-state index contributed by atoms with van der Waals surface area (Å²) in [5.41, 5.74) is 0.615. The lowest BCUT2D eigenvalue weighted by molar-refractivity contribution is -0.149. The SMILES string of the molecule is Cc1ncc2ncn([C@@H]3O[C@H](CO[P@@](=O)(N[C@H](C)C(=O)OC(C)C)Oc4ccccc4)[C@@H](O)[C@]3(F)Cl)c2n1. The Balaban J connectivity index is 1.54. The molecule has 6 atom stereocenters. The number of rotatable bonds is 10. The highest BCUT2D eigenvalue weighted by molar-refractivity contribution is 7.52. The van der Waals surface area contributed by atoms with Crippen LogP contribution in [0.2, 0.25) is 0 Å². The highest BCUT2D eigenvalue weighted by atomic mass is 35.5. The number of carbonyl (C=O) groups is 1. The highest BCUT2D eigenvalue weighted by Crippen LogP contribution is 2.49. The van der Waals surface area contributed by atoms with E-state index in [4.69, 9.17) is 30.1 Å². The number of ether oxygens (including phenoxy) is 2. The number of halogens is 2. The quantitative estimate of drug-likeness (QED) is 0.209. The highest BCUT2D eigenvalue weighted by Gasteiger charge is 2.58. The first-order valence-electron chi connectivity index (χ1n) is 11.7. The molecule has 0 unspecified atom stereocenters. The number of hydrogen-bond donors (Lipinski definition) is 2. The normalized spacial score (nSPS) is 25.8. The number of hydrogen-bond acceptors (Lipinski definition) is 10. The van der Waals surface area contributed by atoms with E-state index in [9.17, 15) is 14.5 Å². The molecule has 0 spiro atoms. The Morgan fingerprint density at radius 3 is 2.71 bits per heavy atom. The average Bonchev–Trinajstić information content (AvgIpc) is 3.35. The third kappa shape index (κ3) is 6.14. The van der Waals surface area contributed by atoms with Crippen molar-refractivity contribution in [2.75, 3.05) is 6.61 Å². The summed E-state index contributed by atoms with van der Waals surface area (Å²) in [7, 11) is -4.29. The van der Waals surface area contributed by atoms with E-state index in [1.807, 2.05) is 0 Å². The Kier molecular flexibility index (Phi) is 8.36. The maximum Gasteiger partial charge on any atom is 0.459 e. The Bertz CT molecular complexity index is 1330. The maximum absolute atomic E-state index is 15.6. The zero-order valence-electron chi connectivity index (χ0n) is 21.0. The molecule has 15 heteroatoms. The first-order valence-corrected chi connectivity index (χ1v) is 13.7. The largest absolute Gasteiger partial charge is 0.462 e. The summed E-state index contributed by atoms with van der Waals surface area (Å²) in [6, 6.07) is 7.00. The van der Waals surface area contributed by atoms with E-state index in [-0.39, 0.29) is 11.4 Å². The molecule has 4 rings (SSSR count). The van der Waals surface area contributed by atoms with Gasteiger partial charge in [0.25, 0.3) is 5.13 Å². The van der Waals surface area contributed by atoms with Gasteiger partial charge >= 0.3 is 13.7 Å². The molecular weight excluding hydrogens is 544 g/mol. The topological polar surface area (TPSA) is 147 Å².